The minimum atomic E-state index is 0.957. The van der Waals surface area contributed by atoms with Crippen LogP contribution in [0.1, 0.15) is 51.9 Å². The summed E-state index contributed by atoms with van der Waals surface area (Å²) in [6.07, 6.45) is 10.2. The highest BCUT2D eigenvalue weighted by Gasteiger charge is 2.47. The smallest absolute Gasteiger partial charge is 0.0126 e. The number of hydrogen-bond acceptors (Lipinski definition) is 2. The summed E-state index contributed by atoms with van der Waals surface area (Å²) in [4.78, 5) is 2.89. The molecule has 2 saturated carbocycles. The van der Waals surface area contributed by atoms with Crippen molar-refractivity contribution < 1.29 is 0 Å². The van der Waals surface area contributed by atoms with E-state index in [1.807, 2.05) is 0 Å². The van der Waals surface area contributed by atoms with Gasteiger partial charge in [-0.05, 0) is 69.5 Å². The summed E-state index contributed by atoms with van der Waals surface area (Å²) in [6, 6.07) is 0.957. The zero-order valence-corrected chi connectivity index (χ0v) is 12.0. The van der Waals surface area contributed by atoms with Crippen LogP contribution in [-0.4, -0.2) is 37.1 Å². The van der Waals surface area contributed by atoms with Gasteiger partial charge in [-0.25, -0.2) is 0 Å². The van der Waals surface area contributed by atoms with Gasteiger partial charge in [0.25, 0.3) is 0 Å². The molecule has 1 saturated heterocycles. The summed E-state index contributed by atoms with van der Waals surface area (Å²) >= 11 is 0. The lowest BCUT2D eigenvalue weighted by Gasteiger charge is -2.37. The predicted octanol–water partition coefficient (Wildman–Crippen LogP) is 2.89. The second-order valence-electron chi connectivity index (χ2n) is 6.85. The molecule has 18 heavy (non-hydrogen) atoms. The first-order valence-corrected chi connectivity index (χ1v) is 8.33. The summed E-state index contributed by atoms with van der Waals surface area (Å²) in [7, 11) is 0. The summed E-state index contributed by atoms with van der Waals surface area (Å²) in [5, 5.41) is 3.50. The Morgan fingerprint density at radius 2 is 1.94 bits per heavy atom. The largest absolute Gasteiger partial charge is 0.317 e. The molecule has 3 aliphatic rings. The van der Waals surface area contributed by atoms with Crippen molar-refractivity contribution in [1.82, 2.24) is 10.2 Å². The highest BCUT2D eigenvalue weighted by Crippen LogP contribution is 2.51. The van der Waals surface area contributed by atoms with Crippen LogP contribution in [-0.2, 0) is 0 Å². The summed E-state index contributed by atoms with van der Waals surface area (Å²) in [5.41, 5.74) is 0. The molecule has 1 heterocycles. The Hall–Kier alpha value is -0.0800. The molecule has 2 heteroatoms. The maximum Gasteiger partial charge on any atom is 0.0126 e. The molecule has 104 valence electrons. The van der Waals surface area contributed by atoms with Crippen LogP contribution in [0.5, 0.6) is 0 Å². The molecule has 0 aromatic carbocycles. The van der Waals surface area contributed by atoms with Gasteiger partial charge in [-0.2, -0.15) is 0 Å². The molecular formula is C16H30N2. The fourth-order valence-electron chi connectivity index (χ4n) is 4.41. The molecule has 0 amide bonds. The third-order valence-electron chi connectivity index (χ3n) is 5.48. The van der Waals surface area contributed by atoms with E-state index >= 15 is 0 Å². The molecule has 3 rings (SSSR count). The third-order valence-corrected chi connectivity index (χ3v) is 5.48. The quantitative estimate of drug-likeness (QED) is 0.807. The Kier molecular flexibility index (Phi) is 4.25. The van der Waals surface area contributed by atoms with E-state index in [2.05, 4.69) is 17.1 Å². The third kappa shape index (κ3) is 2.91. The molecule has 0 bridgehead atoms. The first-order chi connectivity index (χ1) is 8.88. The van der Waals surface area contributed by atoms with Gasteiger partial charge in [-0.3, -0.25) is 4.90 Å². The maximum atomic E-state index is 3.50. The van der Waals surface area contributed by atoms with Crippen molar-refractivity contribution >= 4 is 0 Å². The van der Waals surface area contributed by atoms with Gasteiger partial charge in [0.15, 0.2) is 0 Å². The van der Waals surface area contributed by atoms with Gasteiger partial charge >= 0.3 is 0 Å². The molecule has 0 radical (unpaired) electrons. The normalized spacial score (nSPS) is 36.7. The number of rotatable bonds is 5. The fraction of sp³-hybridized carbons (Fsp3) is 1.00. The van der Waals surface area contributed by atoms with Crippen LogP contribution in [0.4, 0.5) is 0 Å². The molecule has 2 aliphatic carbocycles. The van der Waals surface area contributed by atoms with Gasteiger partial charge in [0.05, 0.1) is 0 Å². The Balaban J connectivity index is 1.56. The zero-order valence-electron chi connectivity index (χ0n) is 12.0. The summed E-state index contributed by atoms with van der Waals surface area (Å²) in [6.45, 7) is 7.59. The SMILES string of the molecule is CCCN(CC1CCNCC1)C1CCCC2CC21. The molecular weight excluding hydrogens is 220 g/mol. The first kappa shape index (κ1) is 12.9. The highest BCUT2D eigenvalue weighted by molar-refractivity contribution is 4.99. The standard InChI is InChI=1S/C16H30N2/c1-2-10-18(12-13-6-8-17-9-7-13)16-5-3-4-14-11-15(14)16/h13-17H,2-12H2,1H3. The Labute approximate surface area is 113 Å². The molecule has 1 aliphatic heterocycles. The highest BCUT2D eigenvalue weighted by atomic mass is 15.2. The molecule has 1 N–H and O–H groups in total. The molecule has 0 aromatic rings. The Morgan fingerprint density at radius 3 is 2.72 bits per heavy atom. The van der Waals surface area contributed by atoms with Crippen LogP contribution in [0.3, 0.4) is 0 Å². The second kappa shape index (κ2) is 5.92. The lowest BCUT2D eigenvalue weighted by Crippen LogP contribution is -2.44. The minimum absolute atomic E-state index is 0.957. The van der Waals surface area contributed by atoms with E-state index in [0.717, 1.165) is 23.8 Å². The van der Waals surface area contributed by atoms with Crippen LogP contribution < -0.4 is 5.32 Å². The fourth-order valence-corrected chi connectivity index (χ4v) is 4.41. The average Bonchev–Trinajstić information content (AvgIpc) is 3.18. The molecule has 2 nitrogen and oxygen atoms in total. The number of nitrogens with zero attached hydrogens (tertiary/aromatic N) is 1. The first-order valence-electron chi connectivity index (χ1n) is 8.33. The van der Waals surface area contributed by atoms with Gasteiger partial charge in [-0.15, -0.1) is 0 Å². The number of piperidine rings is 1. The number of nitrogens with one attached hydrogen (secondary N) is 1. The summed E-state index contributed by atoms with van der Waals surface area (Å²) < 4.78 is 0. The van der Waals surface area contributed by atoms with Crippen LogP contribution in [0.25, 0.3) is 0 Å². The maximum absolute atomic E-state index is 3.50. The average molecular weight is 250 g/mol. The van der Waals surface area contributed by atoms with Crippen molar-refractivity contribution in [3.63, 3.8) is 0 Å². The van der Waals surface area contributed by atoms with E-state index in [1.165, 1.54) is 64.7 Å². The summed E-state index contributed by atoms with van der Waals surface area (Å²) in [5.74, 6) is 3.18. The van der Waals surface area contributed by atoms with Gasteiger partial charge < -0.3 is 5.32 Å². The van der Waals surface area contributed by atoms with Crippen LogP contribution >= 0.6 is 0 Å². The topological polar surface area (TPSA) is 15.3 Å². The van der Waals surface area contributed by atoms with Crippen molar-refractivity contribution in [2.75, 3.05) is 26.2 Å². The van der Waals surface area contributed by atoms with Crippen molar-refractivity contribution in [1.29, 1.82) is 0 Å². The van der Waals surface area contributed by atoms with E-state index in [4.69, 9.17) is 0 Å². The Bertz CT molecular complexity index is 260. The second-order valence-corrected chi connectivity index (χ2v) is 6.85. The van der Waals surface area contributed by atoms with Crippen LogP contribution in [0, 0.1) is 17.8 Å². The predicted molar refractivity (Wildman–Crippen MR) is 76.7 cm³/mol. The van der Waals surface area contributed by atoms with E-state index in [1.54, 1.807) is 6.42 Å². The van der Waals surface area contributed by atoms with Gasteiger partial charge in [0.2, 0.25) is 0 Å². The molecule has 3 unspecified atom stereocenters. The monoisotopic (exact) mass is 250 g/mol. The zero-order chi connectivity index (χ0) is 12.4. The lowest BCUT2D eigenvalue weighted by atomic mass is 9.91. The number of fused-ring (bicyclic) bond motifs is 1. The van der Waals surface area contributed by atoms with Crippen molar-refractivity contribution in [2.24, 2.45) is 17.8 Å². The van der Waals surface area contributed by atoms with Gasteiger partial charge in [0, 0.05) is 12.6 Å². The molecule has 3 fully saturated rings. The van der Waals surface area contributed by atoms with E-state index in [-0.39, 0.29) is 0 Å². The van der Waals surface area contributed by atoms with Gasteiger partial charge in [0.1, 0.15) is 0 Å². The van der Waals surface area contributed by atoms with Gasteiger partial charge in [-0.1, -0.05) is 19.8 Å². The van der Waals surface area contributed by atoms with Crippen molar-refractivity contribution in [2.45, 2.75) is 57.9 Å². The van der Waals surface area contributed by atoms with Crippen LogP contribution in [0.2, 0.25) is 0 Å². The van der Waals surface area contributed by atoms with Crippen molar-refractivity contribution in [3.05, 3.63) is 0 Å². The molecule has 3 atom stereocenters. The molecule has 0 spiro atoms. The van der Waals surface area contributed by atoms with E-state index < -0.39 is 0 Å². The Morgan fingerprint density at radius 1 is 1.11 bits per heavy atom. The van der Waals surface area contributed by atoms with E-state index in [9.17, 15) is 0 Å². The number of hydrogen-bond donors (Lipinski definition) is 1. The minimum Gasteiger partial charge on any atom is -0.317 e. The molecule has 0 aromatic heterocycles. The van der Waals surface area contributed by atoms with Crippen molar-refractivity contribution in [3.8, 4) is 0 Å². The van der Waals surface area contributed by atoms with E-state index in [0.29, 0.717) is 0 Å². The lowest BCUT2D eigenvalue weighted by molar-refractivity contribution is 0.113. The van der Waals surface area contributed by atoms with Crippen LogP contribution in [0.15, 0.2) is 0 Å².